The number of nitrogens with zero attached hydrogens (tertiary/aromatic N) is 1. The van der Waals surface area contributed by atoms with Crippen molar-refractivity contribution >= 4 is 11.8 Å². The van der Waals surface area contributed by atoms with Crippen molar-refractivity contribution in [3.05, 3.63) is 0 Å². The smallest absolute Gasteiger partial charge is 0.239 e. The number of rotatable bonds is 5. The van der Waals surface area contributed by atoms with Crippen LogP contribution in [0.1, 0.15) is 26.7 Å². The van der Waals surface area contributed by atoms with Gasteiger partial charge in [0, 0.05) is 26.6 Å². The molecule has 0 saturated carbocycles. The Hall–Kier alpha value is -1.14. The van der Waals surface area contributed by atoms with E-state index in [9.17, 15) is 9.59 Å². The number of hydrogen-bond acceptors (Lipinski definition) is 4. The van der Waals surface area contributed by atoms with E-state index in [-0.39, 0.29) is 17.9 Å². The molecule has 104 valence electrons. The molecule has 1 saturated heterocycles. The first kappa shape index (κ1) is 14.9. The van der Waals surface area contributed by atoms with Gasteiger partial charge >= 0.3 is 0 Å². The second kappa shape index (κ2) is 7.33. The lowest BCUT2D eigenvalue weighted by atomic mass is 10.1. The average Bonchev–Trinajstić information content (AvgIpc) is 2.36. The largest absolute Gasteiger partial charge is 0.373 e. The van der Waals surface area contributed by atoms with Crippen LogP contribution in [-0.2, 0) is 14.3 Å². The molecule has 0 aromatic rings. The van der Waals surface area contributed by atoms with Gasteiger partial charge in [0.2, 0.25) is 11.8 Å². The zero-order valence-corrected chi connectivity index (χ0v) is 11.1. The molecule has 0 bridgehead atoms. The normalized spacial score (nSPS) is 21.5. The zero-order valence-electron chi connectivity index (χ0n) is 11.1. The molecule has 0 spiro atoms. The number of carbonyl (C=O) groups excluding carboxylic acids is 2. The van der Waals surface area contributed by atoms with Crippen molar-refractivity contribution in [3.8, 4) is 0 Å². The van der Waals surface area contributed by atoms with Crippen LogP contribution in [0.25, 0.3) is 0 Å². The van der Waals surface area contributed by atoms with Gasteiger partial charge in [0.25, 0.3) is 0 Å². The summed E-state index contributed by atoms with van der Waals surface area (Å²) in [7, 11) is 0. The average molecular weight is 257 g/mol. The molecule has 6 heteroatoms. The van der Waals surface area contributed by atoms with E-state index in [4.69, 9.17) is 10.5 Å². The van der Waals surface area contributed by atoms with E-state index in [1.54, 1.807) is 4.90 Å². The van der Waals surface area contributed by atoms with Gasteiger partial charge in [-0.05, 0) is 6.42 Å². The van der Waals surface area contributed by atoms with Gasteiger partial charge in [-0.3, -0.25) is 9.59 Å². The highest BCUT2D eigenvalue weighted by Gasteiger charge is 2.27. The standard InChI is InChI=1S/C12H23N3O3/c1-3-4-11(13)12(17)15-5-6-18-10(8-15)7-14-9(2)16/h10-11H,3-8,13H2,1-2H3,(H,14,16). The predicted octanol–water partition coefficient (Wildman–Crippen LogP) is -0.523. The van der Waals surface area contributed by atoms with E-state index < -0.39 is 6.04 Å². The van der Waals surface area contributed by atoms with Crippen molar-refractivity contribution in [3.63, 3.8) is 0 Å². The number of carbonyl (C=O) groups is 2. The molecule has 1 aliphatic heterocycles. The van der Waals surface area contributed by atoms with E-state index in [2.05, 4.69) is 5.32 Å². The number of hydrogen-bond donors (Lipinski definition) is 2. The van der Waals surface area contributed by atoms with Crippen LogP contribution in [0.15, 0.2) is 0 Å². The molecule has 1 fully saturated rings. The Morgan fingerprint density at radius 2 is 2.28 bits per heavy atom. The van der Waals surface area contributed by atoms with E-state index in [0.717, 1.165) is 6.42 Å². The van der Waals surface area contributed by atoms with Gasteiger partial charge in [0.1, 0.15) is 0 Å². The summed E-state index contributed by atoms with van der Waals surface area (Å²) in [5.74, 6) is -0.113. The Bertz CT molecular complexity index is 296. The lowest BCUT2D eigenvalue weighted by Gasteiger charge is -2.34. The minimum absolute atomic E-state index is 0.0204. The Balaban J connectivity index is 2.42. The molecule has 3 N–H and O–H groups in total. The van der Waals surface area contributed by atoms with Crippen molar-refractivity contribution in [1.82, 2.24) is 10.2 Å². The molecular weight excluding hydrogens is 234 g/mol. The molecule has 18 heavy (non-hydrogen) atoms. The van der Waals surface area contributed by atoms with Crippen LogP contribution in [0.3, 0.4) is 0 Å². The number of amides is 2. The number of ether oxygens (including phenoxy) is 1. The molecule has 0 aromatic carbocycles. The van der Waals surface area contributed by atoms with Crippen molar-refractivity contribution in [2.45, 2.75) is 38.8 Å². The van der Waals surface area contributed by atoms with Crippen LogP contribution >= 0.6 is 0 Å². The highest BCUT2D eigenvalue weighted by molar-refractivity contribution is 5.81. The van der Waals surface area contributed by atoms with Crippen molar-refractivity contribution < 1.29 is 14.3 Å². The summed E-state index contributed by atoms with van der Waals surface area (Å²) in [5, 5.41) is 2.70. The third kappa shape index (κ3) is 4.62. The molecule has 6 nitrogen and oxygen atoms in total. The van der Waals surface area contributed by atoms with Gasteiger partial charge in [-0.15, -0.1) is 0 Å². The highest BCUT2D eigenvalue weighted by Crippen LogP contribution is 2.08. The van der Waals surface area contributed by atoms with Crippen LogP contribution < -0.4 is 11.1 Å². The molecular formula is C12H23N3O3. The first-order chi connectivity index (χ1) is 8.54. The first-order valence-corrected chi connectivity index (χ1v) is 6.45. The van der Waals surface area contributed by atoms with Crippen molar-refractivity contribution in [1.29, 1.82) is 0 Å². The Kier molecular flexibility index (Phi) is 6.07. The molecule has 1 aliphatic rings. The SMILES string of the molecule is CCCC(N)C(=O)N1CCOC(CNC(C)=O)C1. The van der Waals surface area contributed by atoms with Gasteiger partial charge in [-0.1, -0.05) is 13.3 Å². The molecule has 1 rings (SSSR count). The summed E-state index contributed by atoms with van der Waals surface area (Å²) >= 11 is 0. The van der Waals surface area contributed by atoms with Gasteiger partial charge in [-0.25, -0.2) is 0 Å². The van der Waals surface area contributed by atoms with E-state index in [0.29, 0.717) is 32.7 Å². The second-order valence-electron chi connectivity index (χ2n) is 4.61. The van der Waals surface area contributed by atoms with E-state index in [1.165, 1.54) is 6.92 Å². The van der Waals surface area contributed by atoms with Crippen molar-refractivity contribution in [2.75, 3.05) is 26.2 Å². The lowest BCUT2D eigenvalue weighted by molar-refractivity contribution is -0.140. The summed E-state index contributed by atoms with van der Waals surface area (Å²) in [6.07, 6.45) is 1.46. The maximum absolute atomic E-state index is 12.0. The van der Waals surface area contributed by atoms with Crippen LogP contribution in [0, 0.1) is 0 Å². The van der Waals surface area contributed by atoms with Gasteiger partial charge in [0.15, 0.2) is 0 Å². The zero-order chi connectivity index (χ0) is 13.5. The monoisotopic (exact) mass is 257 g/mol. The quantitative estimate of drug-likeness (QED) is 0.694. The molecule has 0 aromatic heterocycles. The molecule has 1 heterocycles. The Morgan fingerprint density at radius 3 is 2.89 bits per heavy atom. The fourth-order valence-electron chi connectivity index (χ4n) is 1.97. The Labute approximate surface area is 108 Å². The summed E-state index contributed by atoms with van der Waals surface area (Å²) in [4.78, 5) is 24.6. The molecule has 2 unspecified atom stereocenters. The van der Waals surface area contributed by atoms with Crippen molar-refractivity contribution in [2.24, 2.45) is 5.73 Å². The summed E-state index contributed by atoms with van der Waals surface area (Å²) in [6, 6.07) is -0.422. The van der Waals surface area contributed by atoms with Gasteiger partial charge in [-0.2, -0.15) is 0 Å². The molecule has 2 amide bonds. The predicted molar refractivity (Wildman–Crippen MR) is 67.9 cm³/mol. The fourth-order valence-corrected chi connectivity index (χ4v) is 1.97. The highest BCUT2D eigenvalue weighted by atomic mass is 16.5. The number of nitrogens with two attached hydrogens (primary N) is 1. The topological polar surface area (TPSA) is 84.7 Å². The van der Waals surface area contributed by atoms with Crippen LogP contribution in [0.2, 0.25) is 0 Å². The molecule has 2 atom stereocenters. The third-order valence-electron chi connectivity index (χ3n) is 2.95. The minimum Gasteiger partial charge on any atom is -0.373 e. The lowest BCUT2D eigenvalue weighted by Crippen LogP contribution is -2.53. The second-order valence-corrected chi connectivity index (χ2v) is 4.61. The summed E-state index contributed by atoms with van der Waals surface area (Å²) in [5.41, 5.74) is 5.82. The maximum atomic E-state index is 12.0. The third-order valence-corrected chi connectivity index (χ3v) is 2.95. The molecule has 0 radical (unpaired) electrons. The number of morpholine rings is 1. The minimum atomic E-state index is -0.422. The first-order valence-electron chi connectivity index (χ1n) is 6.45. The summed E-state index contributed by atoms with van der Waals surface area (Å²) < 4.78 is 5.50. The maximum Gasteiger partial charge on any atom is 0.239 e. The number of nitrogens with one attached hydrogen (secondary N) is 1. The van der Waals surface area contributed by atoms with Crippen LogP contribution in [-0.4, -0.2) is 55.1 Å². The summed E-state index contributed by atoms with van der Waals surface area (Å²) in [6.45, 7) is 5.47. The van der Waals surface area contributed by atoms with Crippen LogP contribution in [0.5, 0.6) is 0 Å². The molecule has 0 aliphatic carbocycles. The van der Waals surface area contributed by atoms with E-state index in [1.807, 2.05) is 6.92 Å². The van der Waals surface area contributed by atoms with Crippen LogP contribution in [0.4, 0.5) is 0 Å². The Morgan fingerprint density at radius 1 is 1.56 bits per heavy atom. The van der Waals surface area contributed by atoms with Gasteiger partial charge in [0.05, 0.1) is 18.8 Å². The van der Waals surface area contributed by atoms with E-state index >= 15 is 0 Å². The van der Waals surface area contributed by atoms with Gasteiger partial charge < -0.3 is 20.7 Å². The fraction of sp³-hybridized carbons (Fsp3) is 0.833.